The highest BCUT2D eigenvalue weighted by atomic mass is 32.2. The Labute approximate surface area is 147 Å². The van der Waals surface area contributed by atoms with Crippen molar-refractivity contribution >= 4 is 10.1 Å². The van der Waals surface area contributed by atoms with Gasteiger partial charge in [-0.05, 0) is 42.5 Å². The van der Waals surface area contributed by atoms with Crippen LogP contribution in [0.3, 0.4) is 0 Å². The molecule has 0 heterocycles. The van der Waals surface area contributed by atoms with Crippen LogP contribution in [-0.2, 0) is 10.1 Å². The molecule has 1 N–H and O–H groups in total. The van der Waals surface area contributed by atoms with Crippen molar-refractivity contribution < 1.29 is 17.7 Å². The number of aryl methyl sites for hydroxylation is 1. The standard InChI is InChI=1S/C19H32O4S/c1-5-6-7-8-9-10-11-12-23-18-13-16(4)19(24(20,21)22)14-17(18)15(2)3/h13-15H,5-12H2,1-4H3,(H,20,21,22). The zero-order valence-electron chi connectivity index (χ0n) is 15.5. The first-order chi connectivity index (χ1) is 11.3. The average Bonchev–Trinajstić information content (AvgIpc) is 2.48. The molecule has 0 spiro atoms. The molecule has 5 heteroatoms. The number of ether oxygens (including phenoxy) is 1. The number of hydrogen-bond donors (Lipinski definition) is 1. The van der Waals surface area contributed by atoms with Crippen LogP contribution in [0.5, 0.6) is 5.75 Å². The summed E-state index contributed by atoms with van der Waals surface area (Å²) in [7, 11) is -4.20. The molecule has 0 aliphatic rings. The third-order valence-corrected chi connectivity index (χ3v) is 5.21. The Morgan fingerprint density at radius 3 is 2.17 bits per heavy atom. The Kier molecular flexibility index (Phi) is 8.78. The molecular formula is C19H32O4S. The Balaban J connectivity index is 2.63. The smallest absolute Gasteiger partial charge is 0.294 e. The van der Waals surface area contributed by atoms with Gasteiger partial charge in [0.1, 0.15) is 5.75 Å². The second-order valence-electron chi connectivity index (χ2n) is 6.76. The first kappa shape index (κ1) is 21.0. The molecule has 0 bridgehead atoms. The summed E-state index contributed by atoms with van der Waals surface area (Å²) in [6, 6.07) is 3.26. The third kappa shape index (κ3) is 6.81. The first-order valence-corrected chi connectivity index (χ1v) is 10.5. The van der Waals surface area contributed by atoms with Crippen LogP contribution in [0.2, 0.25) is 0 Å². The van der Waals surface area contributed by atoms with Gasteiger partial charge in [-0.3, -0.25) is 4.55 Å². The van der Waals surface area contributed by atoms with Crippen LogP contribution in [-0.4, -0.2) is 19.6 Å². The van der Waals surface area contributed by atoms with Crippen LogP contribution < -0.4 is 4.74 Å². The predicted molar refractivity (Wildman–Crippen MR) is 98.6 cm³/mol. The number of rotatable bonds is 11. The van der Waals surface area contributed by atoms with Crippen molar-refractivity contribution in [2.24, 2.45) is 0 Å². The lowest BCUT2D eigenvalue weighted by Crippen LogP contribution is -2.07. The van der Waals surface area contributed by atoms with Crippen LogP contribution >= 0.6 is 0 Å². The summed E-state index contributed by atoms with van der Waals surface area (Å²) < 4.78 is 38.2. The normalized spacial score (nSPS) is 11.9. The second kappa shape index (κ2) is 10.0. The summed E-state index contributed by atoms with van der Waals surface area (Å²) in [5.41, 5.74) is 1.33. The van der Waals surface area contributed by atoms with Gasteiger partial charge in [0.15, 0.2) is 0 Å². The van der Waals surface area contributed by atoms with E-state index in [1.807, 2.05) is 13.8 Å². The highest BCUT2D eigenvalue weighted by Gasteiger charge is 2.18. The zero-order valence-corrected chi connectivity index (χ0v) is 16.3. The van der Waals surface area contributed by atoms with Crippen molar-refractivity contribution in [3.05, 3.63) is 23.3 Å². The quantitative estimate of drug-likeness (QED) is 0.420. The molecule has 0 aliphatic heterocycles. The zero-order chi connectivity index (χ0) is 18.2. The fourth-order valence-electron chi connectivity index (χ4n) is 2.77. The molecule has 0 fully saturated rings. The molecule has 0 aromatic heterocycles. The fourth-order valence-corrected chi connectivity index (χ4v) is 3.51. The predicted octanol–water partition coefficient (Wildman–Crippen LogP) is 5.49. The van der Waals surface area contributed by atoms with E-state index in [0.717, 1.165) is 24.2 Å². The van der Waals surface area contributed by atoms with Gasteiger partial charge >= 0.3 is 0 Å². The molecular weight excluding hydrogens is 324 g/mol. The third-order valence-electron chi connectivity index (χ3n) is 4.21. The maximum Gasteiger partial charge on any atom is 0.294 e. The SMILES string of the molecule is CCCCCCCCCOc1cc(C)c(S(=O)(=O)O)cc1C(C)C. The van der Waals surface area contributed by atoms with E-state index in [0.29, 0.717) is 12.2 Å². The summed E-state index contributed by atoms with van der Waals surface area (Å²) in [4.78, 5) is -0.0329. The summed E-state index contributed by atoms with van der Waals surface area (Å²) in [5.74, 6) is 0.844. The average molecular weight is 357 g/mol. The minimum absolute atomic E-state index is 0.0329. The maximum absolute atomic E-state index is 11.5. The monoisotopic (exact) mass is 356 g/mol. The van der Waals surface area contributed by atoms with Crippen molar-refractivity contribution in [3.63, 3.8) is 0 Å². The molecule has 0 atom stereocenters. The Hall–Kier alpha value is -1.07. The van der Waals surface area contributed by atoms with Crippen molar-refractivity contribution in [3.8, 4) is 5.75 Å². The molecule has 1 rings (SSSR count). The number of benzene rings is 1. The van der Waals surface area contributed by atoms with E-state index in [1.165, 1.54) is 38.2 Å². The largest absolute Gasteiger partial charge is 0.493 e. The van der Waals surface area contributed by atoms with Crippen molar-refractivity contribution in [2.75, 3.05) is 6.61 Å². The van der Waals surface area contributed by atoms with Crippen LogP contribution in [0.1, 0.15) is 82.8 Å². The fraction of sp³-hybridized carbons (Fsp3) is 0.684. The molecule has 4 nitrogen and oxygen atoms in total. The molecule has 1 aromatic carbocycles. The van der Waals surface area contributed by atoms with Crippen molar-refractivity contribution in [2.45, 2.75) is 83.5 Å². The van der Waals surface area contributed by atoms with Crippen LogP contribution in [0.25, 0.3) is 0 Å². The molecule has 1 aromatic rings. The van der Waals surface area contributed by atoms with E-state index in [4.69, 9.17) is 4.74 Å². The molecule has 24 heavy (non-hydrogen) atoms. The van der Waals surface area contributed by atoms with Crippen molar-refractivity contribution in [1.82, 2.24) is 0 Å². The lowest BCUT2D eigenvalue weighted by molar-refractivity contribution is 0.300. The Bertz CT molecular complexity index is 606. The molecule has 0 unspecified atom stereocenters. The number of hydrogen-bond acceptors (Lipinski definition) is 3. The summed E-state index contributed by atoms with van der Waals surface area (Å²) >= 11 is 0. The number of unbranched alkanes of at least 4 members (excludes halogenated alkanes) is 6. The summed E-state index contributed by atoms with van der Waals surface area (Å²) in [6.45, 7) is 8.50. The molecule has 0 saturated carbocycles. The first-order valence-electron chi connectivity index (χ1n) is 9.02. The summed E-state index contributed by atoms with van der Waals surface area (Å²) in [6.07, 6.45) is 8.57. The topological polar surface area (TPSA) is 63.6 Å². The van der Waals surface area contributed by atoms with Gasteiger partial charge in [0, 0.05) is 0 Å². The van der Waals surface area contributed by atoms with Gasteiger partial charge < -0.3 is 4.74 Å². The van der Waals surface area contributed by atoms with Gasteiger partial charge in [-0.25, -0.2) is 0 Å². The van der Waals surface area contributed by atoms with Gasteiger partial charge in [-0.1, -0.05) is 59.3 Å². The Morgan fingerprint density at radius 1 is 1.04 bits per heavy atom. The van der Waals surface area contributed by atoms with Gasteiger partial charge in [0.2, 0.25) is 0 Å². The van der Waals surface area contributed by atoms with Crippen molar-refractivity contribution in [1.29, 1.82) is 0 Å². The molecule has 0 aliphatic carbocycles. The maximum atomic E-state index is 11.5. The van der Waals surface area contributed by atoms with E-state index >= 15 is 0 Å². The van der Waals surface area contributed by atoms with E-state index in [1.54, 1.807) is 13.0 Å². The van der Waals surface area contributed by atoms with E-state index in [2.05, 4.69) is 6.92 Å². The van der Waals surface area contributed by atoms with Crippen LogP contribution in [0.15, 0.2) is 17.0 Å². The molecule has 138 valence electrons. The summed E-state index contributed by atoms with van der Waals surface area (Å²) in [5, 5.41) is 0. The second-order valence-corrected chi connectivity index (χ2v) is 8.15. The highest BCUT2D eigenvalue weighted by molar-refractivity contribution is 7.85. The van der Waals surface area contributed by atoms with E-state index < -0.39 is 10.1 Å². The lowest BCUT2D eigenvalue weighted by atomic mass is 10.0. The van der Waals surface area contributed by atoms with Crippen LogP contribution in [0, 0.1) is 6.92 Å². The Morgan fingerprint density at radius 2 is 1.62 bits per heavy atom. The van der Waals surface area contributed by atoms with Gasteiger partial charge in [-0.2, -0.15) is 8.42 Å². The van der Waals surface area contributed by atoms with Gasteiger partial charge in [0.05, 0.1) is 11.5 Å². The highest BCUT2D eigenvalue weighted by Crippen LogP contribution is 2.32. The van der Waals surface area contributed by atoms with Gasteiger partial charge in [-0.15, -0.1) is 0 Å². The molecule has 0 radical (unpaired) electrons. The van der Waals surface area contributed by atoms with Gasteiger partial charge in [0.25, 0.3) is 10.1 Å². The minimum atomic E-state index is -4.20. The van der Waals surface area contributed by atoms with E-state index in [9.17, 15) is 13.0 Å². The van der Waals surface area contributed by atoms with Crippen LogP contribution in [0.4, 0.5) is 0 Å². The molecule has 0 amide bonds. The minimum Gasteiger partial charge on any atom is -0.493 e. The molecule has 0 saturated heterocycles. The lowest BCUT2D eigenvalue weighted by Gasteiger charge is -2.17. The van der Waals surface area contributed by atoms with E-state index in [-0.39, 0.29) is 10.8 Å².